The van der Waals surface area contributed by atoms with Crippen molar-refractivity contribution in [2.75, 3.05) is 50.8 Å². The van der Waals surface area contributed by atoms with E-state index in [-0.39, 0.29) is 11.5 Å². The molecular formula is C19H23FN6O3. The van der Waals surface area contributed by atoms with E-state index in [1.165, 1.54) is 16.7 Å². The predicted octanol–water partition coefficient (Wildman–Crippen LogP) is 0.381. The van der Waals surface area contributed by atoms with Crippen molar-refractivity contribution in [2.24, 2.45) is 0 Å². The lowest BCUT2D eigenvalue weighted by atomic mass is 10.3. The number of carbonyl (C=O) groups is 1. The number of morpholine rings is 1. The quantitative estimate of drug-likeness (QED) is 0.699. The van der Waals surface area contributed by atoms with Gasteiger partial charge in [0.05, 0.1) is 13.2 Å². The van der Waals surface area contributed by atoms with Crippen molar-refractivity contribution in [3.05, 3.63) is 46.1 Å². The maximum absolute atomic E-state index is 13.2. The molecule has 154 valence electrons. The fraction of sp³-hybridized carbons (Fsp3) is 0.474. The first-order valence-electron chi connectivity index (χ1n) is 9.72. The van der Waals surface area contributed by atoms with Crippen molar-refractivity contribution in [1.82, 2.24) is 25.0 Å². The Labute approximate surface area is 167 Å². The summed E-state index contributed by atoms with van der Waals surface area (Å²) in [6.07, 6.45) is 0.782. The van der Waals surface area contributed by atoms with Crippen molar-refractivity contribution < 1.29 is 13.9 Å². The lowest BCUT2D eigenvalue weighted by Gasteiger charge is -2.26. The highest BCUT2D eigenvalue weighted by Crippen LogP contribution is 2.26. The van der Waals surface area contributed by atoms with E-state index in [1.54, 1.807) is 17.0 Å². The lowest BCUT2D eigenvalue weighted by Crippen LogP contribution is -2.39. The summed E-state index contributed by atoms with van der Waals surface area (Å²) in [7, 11) is 0. The minimum Gasteiger partial charge on any atom is -0.379 e. The molecule has 0 unspecified atom stereocenters. The number of hydrogen-bond donors (Lipinski definition) is 1. The Morgan fingerprint density at radius 1 is 1.10 bits per heavy atom. The number of benzene rings is 1. The molecule has 4 rings (SSSR count). The monoisotopic (exact) mass is 402 g/mol. The van der Waals surface area contributed by atoms with Gasteiger partial charge in [0, 0.05) is 38.4 Å². The molecule has 1 saturated heterocycles. The zero-order valence-electron chi connectivity index (χ0n) is 16.0. The van der Waals surface area contributed by atoms with E-state index in [1.807, 2.05) is 0 Å². The Balaban J connectivity index is 1.38. The number of fused-ring (bicyclic) bond motifs is 1. The van der Waals surface area contributed by atoms with Crippen molar-refractivity contribution >= 4 is 17.5 Å². The average Bonchev–Trinajstić information content (AvgIpc) is 3.18. The van der Waals surface area contributed by atoms with Gasteiger partial charge in [0.2, 0.25) is 11.6 Å². The molecule has 0 spiro atoms. The molecule has 10 heteroatoms. The first-order chi connectivity index (χ1) is 14.1. The van der Waals surface area contributed by atoms with E-state index >= 15 is 0 Å². The van der Waals surface area contributed by atoms with Crippen molar-refractivity contribution in [3.63, 3.8) is 0 Å². The summed E-state index contributed by atoms with van der Waals surface area (Å²) in [5.41, 5.74) is 0.0398. The van der Waals surface area contributed by atoms with E-state index in [0.717, 1.165) is 39.3 Å². The second-order valence-electron chi connectivity index (χ2n) is 7.00. The Bertz CT molecular complexity index is 927. The van der Waals surface area contributed by atoms with Gasteiger partial charge in [0.15, 0.2) is 0 Å². The highest BCUT2D eigenvalue weighted by atomic mass is 19.1. The maximum atomic E-state index is 13.2. The highest BCUT2D eigenvalue weighted by molar-refractivity contribution is 5.91. The van der Waals surface area contributed by atoms with Gasteiger partial charge in [-0.3, -0.25) is 19.1 Å². The molecule has 29 heavy (non-hydrogen) atoms. The SMILES string of the molecule is O=C(NCCCN1CCOCC1)c1nnc2n(c1=O)CCN2c1ccc(F)cc1. The first-order valence-corrected chi connectivity index (χ1v) is 9.72. The van der Waals surface area contributed by atoms with E-state index in [0.29, 0.717) is 31.3 Å². The summed E-state index contributed by atoms with van der Waals surface area (Å²) < 4.78 is 19.9. The van der Waals surface area contributed by atoms with E-state index in [2.05, 4.69) is 20.4 Å². The van der Waals surface area contributed by atoms with Crippen LogP contribution in [-0.4, -0.2) is 71.5 Å². The molecule has 0 atom stereocenters. The third-order valence-electron chi connectivity index (χ3n) is 5.11. The number of amides is 1. The van der Waals surface area contributed by atoms with Gasteiger partial charge in [0.1, 0.15) is 5.82 Å². The average molecular weight is 402 g/mol. The van der Waals surface area contributed by atoms with Crippen LogP contribution in [0.25, 0.3) is 0 Å². The van der Waals surface area contributed by atoms with Gasteiger partial charge in [0.25, 0.3) is 11.5 Å². The first kappa shape index (κ1) is 19.5. The number of nitrogens with one attached hydrogen (secondary N) is 1. The topological polar surface area (TPSA) is 92.6 Å². The van der Waals surface area contributed by atoms with Gasteiger partial charge in [-0.2, -0.15) is 0 Å². The fourth-order valence-electron chi connectivity index (χ4n) is 3.53. The van der Waals surface area contributed by atoms with E-state index < -0.39 is 11.5 Å². The number of aromatic nitrogens is 3. The Kier molecular flexibility index (Phi) is 5.81. The van der Waals surface area contributed by atoms with Gasteiger partial charge in [-0.15, -0.1) is 10.2 Å². The molecule has 1 amide bonds. The van der Waals surface area contributed by atoms with Crippen LogP contribution in [0.3, 0.4) is 0 Å². The number of halogens is 1. The molecule has 1 aromatic carbocycles. The van der Waals surface area contributed by atoms with Crippen LogP contribution in [-0.2, 0) is 11.3 Å². The molecule has 0 aliphatic carbocycles. The fourth-order valence-corrected chi connectivity index (χ4v) is 3.53. The largest absolute Gasteiger partial charge is 0.379 e. The number of anilines is 2. The summed E-state index contributed by atoms with van der Waals surface area (Å²) in [6.45, 7) is 5.49. The Hall–Kier alpha value is -2.85. The molecular weight excluding hydrogens is 379 g/mol. The Morgan fingerprint density at radius 3 is 2.62 bits per heavy atom. The molecule has 2 aliphatic rings. The van der Waals surface area contributed by atoms with Crippen LogP contribution in [0.4, 0.5) is 16.0 Å². The molecule has 1 N–H and O–H groups in total. The van der Waals surface area contributed by atoms with Crippen LogP contribution >= 0.6 is 0 Å². The maximum Gasteiger partial charge on any atom is 0.286 e. The number of carbonyl (C=O) groups excluding carboxylic acids is 1. The van der Waals surface area contributed by atoms with Crippen LogP contribution in [0, 0.1) is 5.82 Å². The molecule has 1 aromatic heterocycles. The van der Waals surface area contributed by atoms with Crippen LogP contribution in [0.2, 0.25) is 0 Å². The summed E-state index contributed by atoms with van der Waals surface area (Å²) in [6, 6.07) is 5.93. The predicted molar refractivity (Wildman–Crippen MR) is 104 cm³/mol. The van der Waals surface area contributed by atoms with Gasteiger partial charge >= 0.3 is 0 Å². The molecule has 1 fully saturated rings. The molecule has 9 nitrogen and oxygen atoms in total. The van der Waals surface area contributed by atoms with Crippen LogP contribution in [0.1, 0.15) is 16.9 Å². The van der Waals surface area contributed by atoms with Gasteiger partial charge in [-0.1, -0.05) is 0 Å². The zero-order valence-corrected chi connectivity index (χ0v) is 16.0. The molecule has 0 radical (unpaired) electrons. The van der Waals surface area contributed by atoms with Crippen molar-refractivity contribution in [3.8, 4) is 0 Å². The second kappa shape index (κ2) is 8.66. The van der Waals surface area contributed by atoms with Crippen LogP contribution in [0.5, 0.6) is 0 Å². The summed E-state index contributed by atoms with van der Waals surface area (Å²) in [5, 5.41) is 10.7. The number of nitrogens with zero attached hydrogens (tertiary/aromatic N) is 5. The number of ether oxygens (including phenoxy) is 1. The normalized spacial score (nSPS) is 16.7. The molecule has 2 aliphatic heterocycles. The summed E-state index contributed by atoms with van der Waals surface area (Å²) >= 11 is 0. The van der Waals surface area contributed by atoms with Crippen LogP contribution < -0.4 is 15.8 Å². The molecule has 2 aromatic rings. The van der Waals surface area contributed by atoms with Gasteiger partial charge < -0.3 is 15.0 Å². The smallest absolute Gasteiger partial charge is 0.286 e. The lowest BCUT2D eigenvalue weighted by molar-refractivity contribution is 0.0374. The number of hydrogen-bond acceptors (Lipinski definition) is 7. The third kappa shape index (κ3) is 4.28. The van der Waals surface area contributed by atoms with Crippen LogP contribution in [0.15, 0.2) is 29.1 Å². The summed E-state index contributed by atoms with van der Waals surface area (Å²) in [5.74, 6) is -0.498. The Morgan fingerprint density at radius 2 is 1.86 bits per heavy atom. The highest BCUT2D eigenvalue weighted by Gasteiger charge is 2.27. The summed E-state index contributed by atoms with van der Waals surface area (Å²) in [4.78, 5) is 29.2. The molecule has 0 bridgehead atoms. The molecule has 0 saturated carbocycles. The van der Waals surface area contributed by atoms with Gasteiger partial charge in [-0.05, 0) is 37.2 Å². The zero-order chi connectivity index (χ0) is 20.2. The van der Waals surface area contributed by atoms with E-state index in [4.69, 9.17) is 4.74 Å². The minimum atomic E-state index is -0.514. The second-order valence-corrected chi connectivity index (χ2v) is 7.00. The van der Waals surface area contributed by atoms with Gasteiger partial charge in [-0.25, -0.2) is 4.39 Å². The number of rotatable bonds is 6. The molecule has 3 heterocycles. The van der Waals surface area contributed by atoms with Crippen molar-refractivity contribution in [2.45, 2.75) is 13.0 Å². The standard InChI is InChI=1S/C19H23FN6O3/c20-14-2-4-15(5-3-14)25-8-9-26-18(28)16(22-23-19(25)26)17(27)21-6-1-7-24-10-12-29-13-11-24/h2-5H,1,6-13H2,(H,21,27). The minimum absolute atomic E-state index is 0.207. The van der Waals surface area contributed by atoms with Crippen molar-refractivity contribution in [1.29, 1.82) is 0 Å². The van der Waals surface area contributed by atoms with E-state index in [9.17, 15) is 14.0 Å². The third-order valence-corrected chi connectivity index (χ3v) is 5.11.